The Balaban J connectivity index is 2.00. The Morgan fingerprint density at radius 3 is 3.00 bits per heavy atom. The van der Waals surface area contributed by atoms with Gasteiger partial charge in [-0.25, -0.2) is 0 Å². The number of H-pyrrole nitrogens is 1. The maximum atomic E-state index is 5.61. The maximum absolute atomic E-state index is 5.61. The number of aromatic amines is 1. The Bertz CT molecular complexity index is 492. The summed E-state index contributed by atoms with van der Waals surface area (Å²) in [5, 5.41) is 11.1. The van der Waals surface area contributed by atoms with Gasteiger partial charge in [-0.15, -0.1) is 0 Å². The third-order valence-corrected chi connectivity index (χ3v) is 3.83. The second-order valence-corrected chi connectivity index (χ2v) is 5.63. The van der Waals surface area contributed by atoms with Crippen LogP contribution in [-0.4, -0.2) is 28.2 Å². The van der Waals surface area contributed by atoms with E-state index in [0.717, 1.165) is 35.9 Å². The van der Waals surface area contributed by atoms with E-state index < -0.39 is 0 Å². The number of aryl methyl sites for hydroxylation is 1. The third-order valence-electron chi connectivity index (χ3n) is 2.85. The van der Waals surface area contributed by atoms with Crippen molar-refractivity contribution < 1.29 is 4.42 Å². The van der Waals surface area contributed by atoms with Gasteiger partial charge in [0.25, 0.3) is 0 Å². The van der Waals surface area contributed by atoms with E-state index in [9.17, 15) is 0 Å². The molecule has 2 heterocycles. The lowest BCUT2D eigenvalue weighted by Gasteiger charge is -2.09. The van der Waals surface area contributed by atoms with Crippen molar-refractivity contribution in [2.45, 2.75) is 25.6 Å². The van der Waals surface area contributed by atoms with Crippen LogP contribution in [0, 0.1) is 6.92 Å². The van der Waals surface area contributed by atoms with Gasteiger partial charge in [-0.2, -0.15) is 16.9 Å². The molecule has 2 rings (SSSR count). The number of nitrogens with zero attached hydrogens (tertiary/aromatic N) is 1. The topological polar surface area (TPSA) is 53.9 Å². The van der Waals surface area contributed by atoms with Crippen molar-refractivity contribution in [1.82, 2.24) is 15.5 Å². The average Bonchev–Trinajstić information content (AvgIpc) is 2.97. The van der Waals surface area contributed by atoms with Crippen LogP contribution in [0.1, 0.15) is 18.2 Å². The SMILES string of the molecule is CSC(C)CNCc1cn[nH]c1-c1ccc(C)o1. The summed E-state index contributed by atoms with van der Waals surface area (Å²) >= 11 is 1.86. The predicted molar refractivity (Wildman–Crippen MR) is 75.7 cm³/mol. The first-order chi connectivity index (χ1) is 8.70. The number of thioether (sulfide) groups is 1. The molecule has 0 saturated carbocycles. The summed E-state index contributed by atoms with van der Waals surface area (Å²) < 4.78 is 5.61. The number of aromatic nitrogens is 2. The van der Waals surface area contributed by atoms with E-state index in [2.05, 4.69) is 28.7 Å². The van der Waals surface area contributed by atoms with Gasteiger partial charge in [0, 0.05) is 23.9 Å². The molecule has 4 nitrogen and oxygen atoms in total. The minimum absolute atomic E-state index is 0.617. The van der Waals surface area contributed by atoms with Gasteiger partial charge in [0.15, 0.2) is 5.76 Å². The summed E-state index contributed by atoms with van der Waals surface area (Å²) in [5.41, 5.74) is 2.10. The molecule has 0 bridgehead atoms. The van der Waals surface area contributed by atoms with Crippen molar-refractivity contribution >= 4 is 11.8 Å². The fourth-order valence-corrected chi connectivity index (χ4v) is 2.01. The fraction of sp³-hybridized carbons (Fsp3) is 0.462. The highest BCUT2D eigenvalue weighted by Gasteiger charge is 2.11. The van der Waals surface area contributed by atoms with Gasteiger partial charge in [-0.1, -0.05) is 6.92 Å². The van der Waals surface area contributed by atoms with Crippen LogP contribution >= 0.6 is 11.8 Å². The predicted octanol–water partition coefficient (Wildman–Crippen LogP) is 2.82. The van der Waals surface area contributed by atoms with Crippen LogP contribution in [0.2, 0.25) is 0 Å². The summed E-state index contributed by atoms with van der Waals surface area (Å²) in [6, 6.07) is 3.93. The van der Waals surface area contributed by atoms with E-state index in [-0.39, 0.29) is 0 Å². The van der Waals surface area contributed by atoms with Crippen LogP contribution in [0.4, 0.5) is 0 Å². The van der Waals surface area contributed by atoms with E-state index in [1.54, 1.807) is 0 Å². The number of rotatable bonds is 6. The molecule has 0 aliphatic heterocycles. The van der Waals surface area contributed by atoms with Gasteiger partial charge in [-0.05, 0) is 25.3 Å². The summed E-state index contributed by atoms with van der Waals surface area (Å²) in [5.74, 6) is 1.76. The van der Waals surface area contributed by atoms with Crippen molar-refractivity contribution in [2.24, 2.45) is 0 Å². The number of hydrogen-bond donors (Lipinski definition) is 2. The number of furan rings is 1. The molecule has 18 heavy (non-hydrogen) atoms. The Labute approximate surface area is 112 Å². The first kappa shape index (κ1) is 13.2. The normalized spacial score (nSPS) is 12.8. The monoisotopic (exact) mass is 265 g/mol. The van der Waals surface area contributed by atoms with E-state index >= 15 is 0 Å². The Hall–Kier alpha value is -1.20. The summed E-state index contributed by atoms with van der Waals surface area (Å²) in [6.07, 6.45) is 3.98. The molecule has 0 aliphatic rings. The van der Waals surface area contributed by atoms with Gasteiger partial charge < -0.3 is 9.73 Å². The third kappa shape index (κ3) is 3.17. The molecule has 2 aromatic rings. The Kier molecular flexibility index (Phi) is 4.49. The minimum atomic E-state index is 0.617. The molecule has 98 valence electrons. The van der Waals surface area contributed by atoms with Crippen molar-refractivity contribution in [3.05, 3.63) is 29.7 Å². The van der Waals surface area contributed by atoms with Crippen LogP contribution in [0.15, 0.2) is 22.7 Å². The highest BCUT2D eigenvalue weighted by Crippen LogP contribution is 2.23. The fourth-order valence-electron chi connectivity index (χ4n) is 1.72. The molecule has 0 radical (unpaired) electrons. The van der Waals surface area contributed by atoms with Gasteiger partial charge in [0.2, 0.25) is 0 Å². The molecular weight excluding hydrogens is 246 g/mol. The van der Waals surface area contributed by atoms with E-state index in [4.69, 9.17) is 4.42 Å². The Morgan fingerprint density at radius 2 is 2.33 bits per heavy atom. The number of nitrogens with one attached hydrogen (secondary N) is 2. The van der Waals surface area contributed by atoms with Gasteiger partial charge in [0.05, 0.1) is 6.20 Å². The largest absolute Gasteiger partial charge is 0.460 e. The molecule has 0 amide bonds. The molecular formula is C13H19N3OS. The van der Waals surface area contributed by atoms with E-state index in [1.807, 2.05) is 37.0 Å². The zero-order chi connectivity index (χ0) is 13.0. The van der Waals surface area contributed by atoms with Gasteiger partial charge in [0.1, 0.15) is 11.5 Å². The molecule has 0 aromatic carbocycles. The Morgan fingerprint density at radius 1 is 1.50 bits per heavy atom. The molecule has 0 spiro atoms. The van der Waals surface area contributed by atoms with Crippen molar-refractivity contribution in [2.75, 3.05) is 12.8 Å². The average molecular weight is 265 g/mol. The van der Waals surface area contributed by atoms with Crippen LogP contribution in [0.25, 0.3) is 11.5 Å². The maximum Gasteiger partial charge on any atom is 0.152 e. The first-order valence-corrected chi connectivity index (χ1v) is 7.32. The quantitative estimate of drug-likeness (QED) is 0.843. The van der Waals surface area contributed by atoms with Crippen LogP contribution in [-0.2, 0) is 6.54 Å². The van der Waals surface area contributed by atoms with Crippen LogP contribution in [0.5, 0.6) is 0 Å². The minimum Gasteiger partial charge on any atom is -0.460 e. The highest BCUT2D eigenvalue weighted by molar-refractivity contribution is 7.99. The second kappa shape index (κ2) is 6.11. The molecule has 1 unspecified atom stereocenters. The summed E-state index contributed by atoms with van der Waals surface area (Å²) in [6.45, 7) is 5.95. The lowest BCUT2D eigenvalue weighted by Crippen LogP contribution is -2.22. The second-order valence-electron chi connectivity index (χ2n) is 4.36. The summed E-state index contributed by atoms with van der Waals surface area (Å²) in [7, 11) is 0. The van der Waals surface area contributed by atoms with Gasteiger partial charge in [-0.3, -0.25) is 5.10 Å². The zero-order valence-corrected chi connectivity index (χ0v) is 11.8. The number of hydrogen-bond acceptors (Lipinski definition) is 4. The van der Waals surface area contributed by atoms with E-state index in [1.165, 1.54) is 0 Å². The van der Waals surface area contributed by atoms with Crippen LogP contribution in [0.3, 0.4) is 0 Å². The van der Waals surface area contributed by atoms with Crippen LogP contribution < -0.4 is 5.32 Å². The standard InChI is InChI=1S/C13H19N3OS/c1-9-4-5-12(17-9)13-11(8-15-16-13)7-14-6-10(2)18-3/h4-5,8,10,14H,6-7H2,1-3H3,(H,15,16). The molecule has 2 aromatic heterocycles. The van der Waals surface area contributed by atoms with Gasteiger partial charge >= 0.3 is 0 Å². The summed E-state index contributed by atoms with van der Waals surface area (Å²) in [4.78, 5) is 0. The van der Waals surface area contributed by atoms with E-state index in [0.29, 0.717) is 5.25 Å². The van der Waals surface area contributed by atoms with Crippen molar-refractivity contribution in [1.29, 1.82) is 0 Å². The van der Waals surface area contributed by atoms with Crippen molar-refractivity contribution in [3.63, 3.8) is 0 Å². The molecule has 5 heteroatoms. The molecule has 0 aliphatic carbocycles. The molecule has 0 saturated heterocycles. The lowest BCUT2D eigenvalue weighted by molar-refractivity contribution is 0.545. The van der Waals surface area contributed by atoms with Crippen molar-refractivity contribution in [3.8, 4) is 11.5 Å². The molecule has 2 N–H and O–H groups in total. The highest BCUT2D eigenvalue weighted by atomic mass is 32.2. The molecule has 1 atom stereocenters. The molecule has 0 fully saturated rings. The zero-order valence-electron chi connectivity index (χ0n) is 11.0. The first-order valence-electron chi connectivity index (χ1n) is 6.03. The smallest absolute Gasteiger partial charge is 0.152 e. The lowest BCUT2D eigenvalue weighted by atomic mass is 10.2.